The molecule has 2 N–H and O–H groups in total. The van der Waals surface area contributed by atoms with Crippen LogP contribution in [0.2, 0.25) is 0 Å². The Kier molecular flexibility index (Phi) is 5.57. The Morgan fingerprint density at radius 3 is 2.04 bits per heavy atom. The third-order valence-corrected chi connectivity index (χ3v) is 2.89. The molecule has 2 aromatic carbocycles. The number of carboxylic acid groups (broad SMARTS) is 1. The van der Waals surface area contributed by atoms with Gasteiger partial charge in [0.25, 0.3) is 5.91 Å². The molecule has 6 heteroatoms. The topological polar surface area (TPSA) is 84.9 Å². The van der Waals surface area contributed by atoms with Gasteiger partial charge in [0.05, 0.1) is 0 Å². The van der Waals surface area contributed by atoms with E-state index in [0.29, 0.717) is 11.5 Å². The van der Waals surface area contributed by atoms with E-state index in [1.165, 1.54) is 0 Å². The van der Waals surface area contributed by atoms with E-state index in [1.54, 1.807) is 24.3 Å². The lowest BCUT2D eigenvalue weighted by molar-refractivity contribution is -0.138. The van der Waals surface area contributed by atoms with Crippen molar-refractivity contribution < 1.29 is 24.2 Å². The zero-order chi connectivity index (χ0) is 16.7. The molecule has 2 aromatic rings. The summed E-state index contributed by atoms with van der Waals surface area (Å²) in [4.78, 5) is 21.6. The number of carbonyl (C=O) groups is 2. The summed E-state index contributed by atoms with van der Waals surface area (Å²) >= 11 is 0. The van der Waals surface area contributed by atoms with E-state index in [-0.39, 0.29) is 6.61 Å². The van der Waals surface area contributed by atoms with Crippen LogP contribution in [-0.2, 0) is 9.59 Å². The monoisotopic (exact) mass is 315 g/mol. The Balaban J connectivity index is 1.83. The van der Waals surface area contributed by atoms with Gasteiger partial charge in [-0.2, -0.15) is 0 Å². The van der Waals surface area contributed by atoms with Crippen LogP contribution in [0.25, 0.3) is 0 Å². The zero-order valence-electron chi connectivity index (χ0n) is 12.6. The fraction of sp³-hybridized carbons (Fsp3) is 0.176. The molecule has 2 rings (SSSR count). The van der Waals surface area contributed by atoms with Crippen LogP contribution in [0, 0.1) is 6.92 Å². The van der Waals surface area contributed by atoms with E-state index in [2.05, 4.69) is 5.32 Å². The van der Waals surface area contributed by atoms with Crippen LogP contribution in [0.3, 0.4) is 0 Å². The number of hydrogen-bond acceptors (Lipinski definition) is 4. The van der Waals surface area contributed by atoms with Crippen molar-refractivity contribution in [3.63, 3.8) is 0 Å². The first-order valence-corrected chi connectivity index (χ1v) is 6.99. The van der Waals surface area contributed by atoms with Gasteiger partial charge in [0, 0.05) is 0 Å². The highest BCUT2D eigenvalue weighted by molar-refractivity contribution is 5.82. The van der Waals surface area contributed by atoms with Crippen LogP contribution in [0.1, 0.15) is 5.56 Å². The molecule has 0 bridgehead atoms. The molecule has 1 amide bonds. The fourth-order valence-corrected chi connectivity index (χ4v) is 1.72. The number of aryl methyl sites for hydroxylation is 1. The highest BCUT2D eigenvalue weighted by Crippen LogP contribution is 2.24. The third-order valence-electron chi connectivity index (χ3n) is 2.89. The molecule has 0 fully saturated rings. The largest absolute Gasteiger partial charge is 0.484 e. The molecule has 120 valence electrons. The van der Waals surface area contributed by atoms with Gasteiger partial charge in [0.1, 0.15) is 23.8 Å². The molecule has 0 aromatic heterocycles. The second kappa shape index (κ2) is 7.84. The van der Waals surface area contributed by atoms with Crippen molar-refractivity contribution in [1.82, 2.24) is 5.32 Å². The van der Waals surface area contributed by atoms with Crippen LogP contribution in [0.15, 0.2) is 48.5 Å². The maximum Gasteiger partial charge on any atom is 0.322 e. The molecule has 0 spiro atoms. The first kappa shape index (κ1) is 16.4. The van der Waals surface area contributed by atoms with Crippen LogP contribution < -0.4 is 14.8 Å². The van der Waals surface area contributed by atoms with Crippen molar-refractivity contribution in [1.29, 1.82) is 0 Å². The number of benzene rings is 2. The Hall–Kier alpha value is -3.02. The van der Waals surface area contributed by atoms with Crippen LogP contribution >= 0.6 is 0 Å². The van der Waals surface area contributed by atoms with Crippen LogP contribution in [0.4, 0.5) is 0 Å². The minimum Gasteiger partial charge on any atom is -0.484 e. The maximum atomic E-state index is 11.3. The Morgan fingerprint density at radius 2 is 1.48 bits per heavy atom. The number of aliphatic carboxylic acids is 1. The molecular weight excluding hydrogens is 298 g/mol. The normalized spacial score (nSPS) is 9.96. The molecule has 0 atom stereocenters. The number of nitrogens with one attached hydrogen (secondary N) is 1. The lowest BCUT2D eigenvalue weighted by atomic mass is 10.2. The quantitative estimate of drug-likeness (QED) is 0.819. The minimum absolute atomic E-state index is 0.245. The molecule has 0 aliphatic heterocycles. The molecule has 0 aliphatic rings. The average molecular weight is 315 g/mol. The van der Waals surface area contributed by atoms with E-state index in [9.17, 15) is 9.59 Å². The van der Waals surface area contributed by atoms with E-state index < -0.39 is 18.4 Å². The first-order chi connectivity index (χ1) is 11.0. The zero-order valence-corrected chi connectivity index (χ0v) is 12.6. The third kappa shape index (κ3) is 5.70. The van der Waals surface area contributed by atoms with Gasteiger partial charge in [0.15, 0.2) is 6.61 Å². The summed E-state index contributed by atoms with van der Waals surface area (Å²) in [5.74, 6) is 0.281. The summed E-state index contributed by atoms with van der Waals surface area (Å²) < 4.78 is 10.9. The van der Waals surface area contributed by atoms with Gasteiger partial charge in [-0.05, 0) is 43.3 Å². The highest BCUT2D eigenvalue weighted by Gasteiger charge is 2.05. The van der Waals surface area contributed by atoms with Gasteiger partial charge in [-0.1, -0.05) is 17.7 Å². The summed E-state index contributed by atoms with van der Waals surface area (Å²) in [6.07, 6.45) is 0. The SMILES string of the molecule is Cc1ccc(Oc2ccc(OCC(=O)NCC(=O)O)cc2)cc1. The van der Waals surface area contributed by atoms with Crippen LogP contribution in [-0.4, -0.2) is 30.1 Å². The van der Waals surface area contributed by atoms with Crippen molar-refractivity contribution in [3.05, 3.63) is 54.1 Å². The number of rotatable bonds is 7. The summed E-state index contributed by atoms with van der Waals surface area (Å²) in [5.41, 5.74) is 1.15. The second-order valence-corrected chi connectivity index (χ2v) is 4.85. The van der Waals surface area contributed by atoms with Gasteiger partial charge < -0.3 is 19.9 Å². The first-order valence-electron chi connectivity index (χ1n) is 6.99. The average Bonchev–Trinajstić information content (AvgIpc) is 2.54. The molecule has 0 aliphatic carbocycles. The second-order valence-electron chi connectivity index (χ2n) is 4.85. The Morgan fingerprint density at radius 1 is 0.957 bits per heavy atom. The van der Waals surface area contributed by atoms with E-state index in [1.807, 2.05) is 31.2 Å². The summed E-state index contributed by atoms with van der Waals surface area (Å²) in [6, 6.07) is 14.5. The van der Waals surface area contributed by atoms with Crippen molar-refractivity contribution in [2.45, 2.75) is 6.92 Å². The lowest BCUT2D eigenvalue weighted by Gasteiger charge is -2.08. The molecule has 0 saturated carbocycles. The molecule has 0 saturated heterocycles. The number of ether oxygens (including phenoxy) is 2. The van der Waals surface area contributed by atoms with Gasteiger partial charge >= 0.3 is 5.97 Å². The predicted molar refractivity (Wildman–Crippen MR) is 83.8 cm³/mol. The maximum absolute atomic E-state index is 11.3. The highest BCUT2D eigenvalue weighted by atomic mass is 16.5. The number of carboxylic acids is 1. The van der Waals surface area contributed by atoms with E-state index >= 15 is 0 Å². The predicted octanol–water partition coefficient (Wildman–Crippen LogP) is 2.37. The van der Waals surface area contributed by atoms with E-state index in [4.69, 9.17) is 14.6 Å². The summed E-state index contributed by atoms with van der Waals surface area (Å²) in [5, 5.41) is 10.7. The standard InChI is InChI=1S/C17H17NO5/c1-12-2-4-14(5-3-12)23-15-8-6-13(7-9-15)22-11-16(19)18-10-17(20)21/h2-9H,10-11H2,1H3,(H,18,19)(H,20,21). The molecule has 0 heterocycles. The van der Waals surface area contributed by atoms with Gasteiger partial charge in [-0.25, -0.2) is 0 Å². The number of hydrogen-bond donors (Lipinski definition) is 2. The molecule has 0 radical (unpaired) electrons. The molecule has 0 unspecified atom stereocenters. The van der Waals surface area contributed by atoms with Crippen LogP contribution in [0.5, 0.6) is 17.2 Å². The molecule has 23 heavy (non-hydrogen) atoms. The number of carbonyl (C=O) groups excluding carboxylic acids is 1. The van der Waals surface area contributed by atoms with Gasteiger partial charge in [0.2, 0.25) is 0 Å². The Bertz CT molecular complexity index is 664. The van der Waals surface area contributed by atoms with Crippen molar-refractivity contribution in [3.8, 4) is 17.2 Å². The fourth-order valence-electron chi connectivity index (χ4n) is 1.72. The minimum atomic E-state index is -1.10. The van der Waals surface area contributed by atoms with Crippen molar-refractivity contribution in [2.75, 3.05) is 13.2 Å². The number of amides is 1. The summed E-state index contributed by atoms with van der Waals surface area (Å²) in [7, 11) is 0. The van der Waals surface area contributed by atoms with Gasteiger partial charge in [-0.3, -0.25) is 9.59 Å². The smallest absolute Gasteiger partial charge is 0.322 e. The van der Waals surface area contributed by atoms with E-state index in [0.717, 1.165) is 11.3 Å². The lowest BCUT2D eigenvalue weighted by Crippen LogP contribution is -2.33. The Labute approximate surface area is 133 Å². The molecule has 6 nitrogen and oxygen atoms in total. The molecular formula is C17H17NO5. The van der Waals surface area contributed by atoms with Gasteiger partial charge in [-0.15, -0.1) is 0 Å². The summed E-state index contributed by atoms with van der Waals surface area (Å²) in [6.45, 7) is 1.33. The van der Waals surface area contributed by atoms with Crippen molar-refractivity contribution >= 4 is 11.9 Å². The van der Waals surface area contributed by atoms with Crippen molar-refractivity contribution in [2.24, 2.45) is 0 Å².